The molecule has 0 unspecified atom stereocenters. The number of rotatable bonds is 4. The summed E-state index contributed by atoms with van der Waals surface area (Å²) in [6.07, 6.45) is -0.147. The van der Waals surface area contributed by atoms with Gasteiger partial charge in [0.25, 0.3) is 5.92 Å². The van der Waals surface area contributed by atoms with Crippen LogP contribution in [0.3, 0.4) is 0 Å². The van der Waals surface area contributed by atoms with Crippen molar-refractivity contribution in [1.29, 1.82) is 0 Å². The second-order valence-electron chi connectivity index (χ2n) is 7.84. The molecule has 0 radical (unpaired) electrons. The first-order valence-corrected chi connectivity index (χ1v) is 9.44. The Morgan fingerprint density at radius 1 is 1.14 bits per heavy atom. The molecule has 0 saturated carbocycles. The van der Waals surface area contributed by atoms with Gasteiger partial charge in [-0.3, -0.25) is 4.79 Å². The van der Waals surface area contributed by atoms with Gasteiger partial charge in [-0.2, -0.15) is 0 Å². The maximum absolute atomic E-state index is 15.1. The number of likely N-dealkylation sites (tertiary alicyclic amines) is 1. The van der Waals surface area contributed by atoms with Crippen LogP contribution >= 0.6 is 0 Å². The van der Waals surface area contributed by atoms with Gasteiger partial charge in [0.2, 0.25) is 5.91 Å². The fraction of sp³-hybridized carbons (Fsp3) is 0.409. The standard InChI is InChI=1S/C22H22F5NO/c1-12(2)21(29)28-11-22(26,27)13(3)19(28)9-14-5-4-6-16(20(14)25)17-10-15(23)7-8-18(17)24/h4-8,10,12-13,19H,9,11H2,1-3H3/t13-,19+/m1/s1. The molecule has 1 aliphatic rings. The second-order valence-corrected chi connectivity index (χ2v) is 7.84. The van der Waals surface area contributed by atoms with Gasteiger partial charge in [-0.1, -0.05) is 39.0 Å². The van der Waals surface area contributed by atoms with Gasteiger partial charge < -0.3 is 4.90 Å². The number of carbonyl (C=O) groups is 1. The fourth-order valence-electron chi connectivity index (χ4n) is 3.77. The lowest BCUT2D eigenvalue weighted by Crippen LogP contribution is -2.41. The number of carbonyl (C=O) groups excluding carboxylic acids is 1. The van der Waals surface area contributed by atoms with Crippen LogP contribution in [0, 0.1) is 29.3 Å². The minimum absolute atomic E-state index is 0.0715. The van der Waals surface area contributed by atoms with E-state index < -0.39 is 53.7 Å². The molecular weight excluding hydrogens is 389 g/mol. The number of hydrogen-bond acceptors (Lipinski definition) is 1. The number of benzene rings is 2. The van der Waals surface area contributed by atoms with Crippen LogP contribution < -0.4 is 0 Å². The number of hydrogen-bond donors (Lipinski definition) is 0. The molecule has 2 aromatic rings. The van der Waals surface area contributed by atoms with Gasteiger partial charge in [0.15, 0.2) is 0 Å². The molecule has 0 aromatic heterocycles. The first kappa shape index (κ1) is 21.3. The maximum Gasteiger partial charge on any atom is 0.269 e. The monoisotopic (exact) mass is 411 g/mol. The zero-order chi connectivity index (χ0) is 21.5. The normalized spacial score (nSPS) is 21.1. The first-order chi connectivity index (χ1) is 13.5. The van der Waals surface area contributed by atoms with Crippen LogP contribution in [0.25, 0.3) is 11.1 Å². The molecule has 0 spiro atoms. The lowest BCUT2D eigenvalue weighted by Gasteiger charge is -2.28. The molecule has 1 amide bonds. The van der Waals surface area contributed by atoms with Gasteiger partial charge in [-0.05, 0) is 30.2 Å². The predicted octanol–water partition coefficient (Wildman–Crippen LogP) is 5.45. The quantitative estimate of drug-likeness (QED) is 0.613. The Balaban J connectivity index is 1.99. The molecular formula is C22H22F5NO. The summed E-state index contributed by atoms with van der Waals surface area (Å²) >= 11 is 0. The minimum Gasteiger partial charge on any atom is -0.333 e. The third kappa shape index (κ3) is 4.00. The number of halogens is 5. The molecule has 3 rings (SSSR count). The third-order valence-electron chi connectivity index (χ3n) is 5.53. The highest BCUT2D eigenvalue weighted by atomic mass is 19.3. The van der Waals surface area contributed by atoms with E-state index in [4.69, 9.17) is 0 Å². The Morgan fingerprint density at radius 3 is 2.48 bits per heavy atom. The number of amides is 1. The van der Waals surface area contributed by atoms with Gasteiger partial charge in [0.1, 0.15) is 17.5 Å². The van der Waals surface area contributed by atoms with Gasteiger partial charge in [-0.25, -0.2) is 22.0 Å². The van der Waals surface area contributed by atoms with Crippen molar-refractivity contribution in [3.8, 4) is 11.1 Å². The molecule has 2 aromatic carbocycles. The Kier molecular flexibility index (Phi) is 5.70. The minimum atomic E-state index is -3.09. The zero-order valence-electron chi connectivity index (χ0n) is 16.4. The van der Waals surface area contributed by atoms with Crippen LogP contribution in [-0.4, -0.2) is 29.3 Å². The second kappa shape index (κ2) is 7.76. The summed E-state index contributed by atoms with van der Waals surface area (Å²) in [5, 5.41) is 0. The molecule has 0 N–H and O–H groups in total. The summed E-state index contributed by atoms with van der Waals surface area (Å²) in [7, 11) is 0. The lowest BCUT2D eigenvalue weighted by molar-refractivity contribution is -0.136. The maximum atomic E-state index is 15.1. The average Bonchev–Trinajstić information content (AvgIpc) is 2.88. The molecule has 2 atom stereocenters. The fourth-order valence-corrected chi connectivity index (χ4v) is 3.77. The van der Waals surface area contributed by atoms with Gasteiger partial charge in [-0.15, -0.1) is 0 Å². The van der Waals surface area contributed by atoms with Crippen molar-refractivity contribution < 1.29 is 26.7 Å². The van der Waals surface area contributed by atoms with Crippen molar-refractivity contribution in [2.75, 3.05) is 6.54 Å². The van der Waals surface area contributed by atoms with Crippen LogP contribution in [0.15, 0.2) is 36.4 Å². The molecule has 2 nitrogen and oxygen atoms in total. The van der Waals surface area contributed by atoms with E-state index in [1.807, 2.05) is 0 Å². The van der Waals surface area contributed by atoms with Crippen LogP contribution in [0.5, 0.6) is 0 Å². The van der Waals surface area contributed by atoms with E-state index in [0.717, 1.165) is 23.1 Å². The molecule has 7 heteroatoms. The zero-order valence-corrected chi connectivity index (χ0v) is 16.4. The topological polar surface area (TPSA) is 20.3 Å². The molecule has 1 saturated heterocycles. The van der Waals surface area contributed by atoms with E-state index in [1.54, 1.807) is 13.8 Å². The molecule has 29 heavy (non-hydrogen) atoms. The predicted molar refractivity (Wildman–Crippen MR) is 99.9 cm³/mol. The van der Waals surface area contributed by atoms with Crippen LogP contribution in [-0.2, 0) is 11.2 Å². The van der Waals surface area contributed by atoms with Crippen LogP contribution in [0.1, 0.15) is 26.3 Å². The number of alkyl halides is 2. The van der Waals surface area contributed by atoms with Gasteiger partial charge >= 0.3 is 0 Å². The van der Waals surface area contributed by atoms with E-state index >= 15 is 4.39 Å². The molecule has 1 heterocycles. The summed E-state index contributed by atoms with van der Waals surface area (Å²) in [4.78, 5) is 13.6. The van der Waals surface area contributed by atoms with Crippen molar-refractivity contribution >= 4 is 5.91 Å². The van der Waals surface area contributed by atoms with Gasteiger partial charge in [0.05, 0.1) is 6.54 Å². The summed E-state index contributed by atoms with van der Waals surface area (Å²) in [5.74, 6) is -7.47. The highest BCUT2D eigenvalue weighted by Gasteiger charge is 2.53. The van der Waals surface area contributed by atoms with Crippen molar-refractivity contribution in [3.05, 3.63) is 59.4 Å². The van der Waals surface area contributed by atoms with Gasteiger partial charge in [0, 0.05) is 29.0 Å². The molecule has 0 aliphatic carbocycles. The molecule has 1 fully saturated rings. The lowest BCUT2D eigenvalue weighted by atomic mass is 9.91. The highest BCUT2D eigenvalue weighted by Crippen LogP contribution is 2.40. The molecule has 156 valence electrons. The molecule has 1 aliphatic heterocycles. The molecule has 0 bridgehead atoms. The van der Waals surface area contributed by atoms with E-state index in [2.05, 4.69) is 0 Å². The van der Waals surface area contributed by atoms with Crippen LogP contribution in [0.4, 0.5) is 22.0 Å². The van der Waals surface area contributed by atoms with E-state index in [-0.39, 0.29) is 23.1 Å². The smallest absolute Gasteiger partial charge is 0.269 e. The van der Waals surface area contributed by atoms with Crippen molar-refractivity contribution in [1.82, 2.24) is 4.90 Å². The Morgan fingerprint density at radius 2 is 1.83 bits per heavy atom. The van der Waals surface area contributed by atoms with Crippen molar-refractivity contribution in [2.24, 2.45) is 11.8 Å². The SMILES string of the molecule is CC(C)C(=O)N1CC(F)(F)[C@H](C)[C@@H]1Cc1cccc(-c2cc(F)ccc2F)c1F. The van der Waals surface area contributed by atoms with Crippen molar-refractivity contribution in [2.45, 2.75) is 39.2 Å². The van der Waals surface area contributed by atoms with E-state index in [0.29, 0.717) is 0 Å². The first-order valence-electron chi connectivity index (χ1n) is 9.44. The average molecular weight is 411 g/mol. The summed E-state index contributed by atoms with van der Waals surface area (Å²) in [6.45, 7) is 3.87. The summed E-state index contributed by atoms with van der Waals surface area (Å²) < 4.78 is 71.4. The van der Waals surface area contributed by atoms with Crippen molar-refractivity contribution in [3.63, 3.8) is 0 Å². The largest absolute Gasteiger partial charge is 0.333 e. The van der Waals surface area contributed by atoms with E-state index in [9.17, 15) is 22.4 Å². The van der Waals surface area contributed by atoms with E-state index in [1.165, 1.54) is 25.1 Å². The Bertz CT molecular complexity index is 927. The summed E-state index contributed by atoms with van der Waals surface area (Å²) in [6, 6.07) is 6.00. The summed E-state index contributed by atoms with van der Waals surface area (Å²) in [5.41, 5.74) is -0.329. The Labute approximate surface area is 166 Å². The Hall–Kier alpha value is -2.44. The highest BCUT2D eigenvalue weighted by molar-refractivity contribution is 5.79. The third-order valence-corrected chi connectivity index (χ3v) is 5.53. The van der Waals surface area contributed by atoms with Crippen LogP contribution in [0.2, 0.25) is 0 Å². The number of nitrogens with zero attached hydrogens (tertiary/aromatic N) is 1.